The standard InChI is InChI=1S/C15H19N3O2S/c1-8-4-5-10-9(6-8)11(16)12(21-10)13(19)18-7-15(2,3)14(17)20/h4-6H,7,16H2,1-3H3,(H2,17,20)(H,18,19). The Morgan fingerprint density at radius 2 is 2.00 bits per heavy atom. The van der Waals surface area contributed by atoms with E-state index in [0.717, 1.165) is 15.6 Å². The van der Waals surface area contributed by atoms with Gasteiger partial charge in [-0.1, -0.05) is 11.6 Å². The number of fused-ring (bicyclic) bond motifs is 1. The zero-order valence-electron chi connectivity index (χ0n) is 12.3. The highest BCUT2D eigenvalue weighted by atomic mass is 32.1. The molecule has 2 aromatic rings. The van der Waals surface area contributed by atoms with E-state index in [1.165, 1.54) is 11.3 Å². The highest BCUT2D eigenvalue weighted by molar-refractivity contribution is 7.21. The quantitative estimate of drug-likeness (QED) is 0.806. The van der Waals surface area contributed by atoms with E-state index in [0.29, 0.717) is 10.6 Å². The number of rotatable bonds is 4. The van der Waals surface area contributed by atoms with Gasteiger partial charge in [0.25, 0.3) is 5.91 Å². The number of aryl methyl sites for hydroxylation is 1. The summed E-state index contributed by atoms with van der Waals surface area (Å²) >= 11 is 1.35. The minimum Gasteiger partial charge on any atom is -0.397 e. The number of carbonyl (C=O) groups excluding carboxylic acids is 2. The Labute approximate surface area is 127 Å². The van der Waals surface area contributed by atoms with Crippen LogP contribution in [0.15, 0.2) is 18.2 Å². The fourth-order valence-corrected chi connectivity index (χ4v) is 2.89. The number of thiophene rings is 1. The number of nitrogen functional groups attached to an aromatic ring is 1. The second-order valence-electron chi connectivity index (χ2n) is 5.78. The first-order chi connectivity index (χ1) is 9.72. The SMILES string of the molecule is Cc1ccc2sc(C(=O)NCC(C)(C)C(N)=O)c(N)c2c1. The summed E-state index contributed by atoms with van der Waals surface area (Å²) in [5.41, 5.74) is 12.1. The minimum atomic E-state index is -0.794. The van der Waals surface area contributed by atoms with Crippen LogP contribution >= 0.6 is 11.3 Å². The Morgan fingerprint density at radius 3 is 2.62 bits per heavy atom. The molecule has 5 N–H and O–H groups in total. The molecule has 2 amide bonds. The first-order valence-corrected chi connectivity index (χ1v) is 7.41. The summed E-state index contributed by atoms with van der Waals surface area (Å²) in [4.78, 5) is 24.0. The molecule has 0 atom stereocenters. The van der Waals surface area contributed by atoms with Gasteiger partial charge < -0.3 is 16.8 Å². The van der Waals surface area contributed by atoms with Crippen LogP contribution in [0.25, 0.3) is 10.1 Å². The number of hydrogen-bond donors (Lipinski definition) is 3. The molecule has 1 aromatic carbocycles. The van der Waals surface area contributed by atoms with Crippen LogP contribution in [0.3, 0.4) is 0 Å². The molecule has 6 heteroatoms. The Kier molecular flexibility index (Phi) is 3.91. The largest absolute Gasteiger partial charge is 0.397 e. The van der Waals surface area contributed by atoms with Crippen molar-refractivity contribution in [2.45, 2.75) is 20.8 Å². The van der Waals surface area contributed by atoms with Gasteiger partial charge in [0.2, 0.25) is 5.91 Å². The Morgan fingerprint density at radius 1 is 1.33 bits per heavy atom. The van der Waals surface area contributed by atoms with Crippen LogP contribution in [0, 0.1) is 12.3 Å². The molecule has 0 aliphatic rings. The van der Waals surface area contributed by atoms with Crippen LogP contribution in [0.1, 0.15) is 29.1 Å². The van der Waals surface area contributed by atoms with E-state index in [9.17, 15) is 9.59 Å². The molecule has 0 unspecified atom stereocenters. The summed E-state index contributed by atoms with van der Waals surface area (Å²) in [6.07, 6.45) is 0. The van der Waals surface area contributed by atoms with Crippen molar-refractivity contribution in [1.82, 2.24) is 5.32 Å². The van der Waals surface area contributed by atoms with Crippen molar-refractivity contribution in [2.24, 2.45) is 11.1 Å². The van der Waals surface area contributed by atoms with Gasteiger partial charge in [0.15, 0.2) is 0 Å². The van der Waals surface area contributed by atoms with Crippen molar-refractivity contribution in [3.63, 3.8) is 0 Å². The Bertz CT molecular complexity index is 719. The summed E-state index contributed by atoms with van der Waals surface area (Å²) < 4.78 is 0.970. The van der Waals surface area contributed by atoms with E-state index >= 15 is 0 Å². The molecule has 0 fully saturated rings. The molecule has 0 saturated heterocycles. The number of carbonyl (C=O) groups is 2. The lowest BCUT2D eigenvalue weighted by molar-refractivity contribution is -0.125. The lowest BCUT2D eigenvalue weighted by Gasteiger charge is -2.20. The first kappa shape index (κ1) is 15.3. The lowest BCUT2D eigenvalue weighted by Crippen LogP contribution is -2.42. The van der Waals surface area contributed by atoms with Gasteiger partial charge in [-0.3, -0.25) is 9.59 Å². The number of anilines is 1. The Balaban J connectivity index is 2.24. The van der Waals surface area contributed by atoms with Gasteiger partial charge in [0.05, 0.1) is 11.1 Å². The van der Waals surface area contributed by atoms with E-state index in [1.807, 2.05) is 25.1 Å². The van der Waals surface area contributed by atoms with Gasteiger partial charge in [-0.05, 0) is 32.9 Å². The lowest BCUT2D eigenvalue weighted by atomic mass is 9.93. The highest BCUT2D eigenvalue weighted by Gasteiger charge is 2.26. The predicted molar refractivity (Wildman–Crippen MR) is 86.3 cm³/mol. The second kappa shape index (κ2) is 5.37. The van der Waals surface area contributed by atoms with E-state index in [1.54, 1.807) is 13.8 Å². The summed E-state index contributed by atoms with van der Waals surface area (Å²) in [5, 5.41) is 3.62. The smallest absolute Gasteiger partial charge is 0.263 e. The predicted octanol–water partition coefficient (Wildman–Crippen LogP) is 2.03. The maximum absolute atomic E-state index is 12.3. The molecule has 0 radical (unpaired) electrons. The van der Waals surface area contributed by atoms with Crippen molar-refractivity contribution >= 4 is 38.9 Å². The van der Waals surface area contributed by atoms with Gasteiger partial charge >= 0.3 is 0 Å². The molecular formula is C15H19N3O2S. The maximum atomic E-state index is 12.3. The Hall–Kier alpha value is -2.08. The van der Waals surface area contributed by atoms with Gasteiger partial charge in [-0.25, -0.2) is 0 Å². The second-order valence-corrected chi connectivity index (χ2v) is 6.83. The van der Waals surface area contributed by atoms with E-state index in [-0.39, 0.29) is 12.5 Å². The number of nitrogens with two attached hydrogens (primary N) is 2. The summed E-state index contributed by atoms with van der Waals surface area (Å²) in [6, 6.07) is 5.90. The average Bonchev–Trinajstić information content (AvgIpc) is 2.73. The monoisotopic (exact) mass is 305 g/mol. The van der Waals surface area contributed by atoms with Crippen molar-refractivity contribution in [2.75, 3.05) is 12.3 Å². The van der Waals surface area contributed by atoms with Crippen molar-refractivity contribution < 1.29 is 9.59 Å². The molecule has 1 heterocycles. The molecule has 112 valence electrons. The van der Waals surface area contributed by atoms with Crippen LogP contribution < -0.4 is 16.8 Å². The third-order valence-electron chi connectivity index (χ3n) is 3.45. The van der Waals surface area contributed by atoms with Crippen molar-refractivity contribution in [1.29, 1.82) is 0 Å². The van der Waals surface area contributed by atoms with Gasteiger partial charge in [0.1, 0.15) is 4.88 Å². The summed E-state index contributed by atoms with van der Waals surface area (Å²) in [5.74, 6) is -0.733. The molecule has 0 bridgehead atoms. The number of nitrogens with one attached hydrogen (secondary N) is 1. The molecule has 0 aliphatic heterocycles. The average molecular weight is 305 g/mol. The fraction of sp³-hybridized carbons (Fsp3) is 0.333. The summed E-state index contributed by atoms with van der Waals surface area (Å²) in [7, 11) is 0. The molecule has 21 heavy (non-hydrogen) atoms. The van der Waals surface area contributed by atoms with Gasteiger partial charge in [0, 0.05) is 16.6 Å². The molecule has 2 rings (SSSR count). The molecule has 0 aliphatic carbocycles. The van der Waals surface area contributed by atoms with E-state index < -0.39 is 11.3 Å². The van der Waals surface area contributed by atoms with E-state index in [2.05, 4.69) is 5.32 Å². The van der Waals surface area contributed by atoms with Crippen LogP contribution in [-0.2, 0) is 4.79 Å². The van der Waals surface area contributed by atoms with Crippen LogP contribution in [0.5, 0.6) is 0 Å². The maximum Gasteiger partial charge on any atom is 0.263 e. The first-order valence-electron chi connectivity index (χ1n) is 6.59. The molecule has 5 nitrogen and oxygen atoms in total. The van der Waals surface area contributed by atoms with Crippen LogP contribution in [0.4, 0.5) is 5.69 Å². The number of primary amides is 1. The third-order valence-corrected chi connectivity index (χ3v) is 4.63. The minimum absolute atomic E-state index is 0.174. The number of benzene rings is 1. The van der Waals surface area contributed by atoms with Crippen LogP contribution in [-0.4, -0.2) is 18.4 Å². The zero-order chi connectivity index (χ0) is 15.8. The van der Waals surface area contributed by atoms with E-state index in [4.69, 9.17) is 11.5 Å². The molecular weight excluding hydrogens is 286 g/mol. The van der Waals surface area contributed by atoms with Gasteiger partial charge in [-0.15, -0.1) is 11.3 Å². The number of hydrogen-bond acceptors (Lipinski definition) is 4. The zero-order valence-corrected chi connectivity index (χ0v) is 13.1. The van der Waals surface area contributed by atoms with Crippen molar-refractivity contribution in [3.05, 3.63) is 28.6 Å². The van der Waals surface area contributed by atoms with Crippen LogP contribution in [0.2, 0.25) is 0 Å². The normalized spacial score (nSPS) is 11.6. The fourth-order valence-electron chi connectivity index (χ4n) is 1.87. The summed E-state index contributed by atoms with van der Waals surface area (Å²) in [6.45, 7) is 5.53. The van der Waals surface area contributed by atoms with Gasteiger partial charge in [-0.2, -0.15) is 0 Å². The topological polar surface area (TPSA) is 98.2 Å². The third kappa shape index (κ3) is 3.00. The highest BCUT2D eigenvalue weighted by Crippen LogP contribution is 2.34. The number of amides is 2. The molecule has 1 aromatic heterocycles. The van der Waals surface area contributed by atoms with Crippen molar-refractivity contribution in [3.8, 4) is 0 Å². The molecule has 0 saturated carbocycles. The molecule has 0 spiro atoms.